The number of esters is 1. The van der Waals surface area contributed by atoms with E-state index in [1.807, 2.05) is 0 Å². The number of carbonyl (C=O) groups excluding carboxylic acids is 1. The minimum absolute atomic E-state index is 0.0116. The summed E-state index contributed by atoms with van der Waals surface area (Å²) >= 11 is 0. The van der Waals surface area contributed by atoms with Gasteiger partial charge in [0.1, 0.15) is 11.9 Å². The van der Waals surface area contributed by atoms with Gasteiger partial charge in [-0.15, -0.1) is 0 Å². The molecular weight excluding hydrogens is 280 g/mol. The lowest BCUT2D eigenvalue weighted by Crippen LogP contribution is -2.60. The quantitative estimate of drug-likeness (QED) is 0.635. The van der Waals surface area contributed by atoms with Crippen molar-refractivity contribution < 1.29 is 34.3 Å². The molecule has 7 nitrogen and oxygen atoms in total. The lowest BCUT2D eigenvalue weighted by atomic mass is 9.85. The van der Waals surface area contributed by atoms with Gasteiger partial charge in [-0.25, -0.2) is 4.79 Å². The van der Waals surface area contributed by atoms with Crippen molar-refractivity contribution >= 4 is 5.97 Å². The molecule has 2 fully saturated rings. The Balaban J connectivity index is 1.99. The van der Waals surface area contributed by atoms with Gasteiger partial charge in [0.15, 0.2) is 6.10 Å². The SMILES string of the molecule is CO[C@]1(Cc2ccc(O)cc2)C(=O)O[C@@H]2[C@@H](O)CO[C@@]21O. The number of phenols is 1. The van der Waals surface area contributed by atoms with Crippen LogP contribution in [0.5, 0.6) is 5.75 Å². The molecule has 0 saturated carbocycles. The van der Waals surface area contributed by atoms with Gasteiger partial charge in [0.2, 0.25) is 11.4 Å². The van der Waals surface area contributed by atoms with Crippen molar-refractivity contribution in [2.24, 2.45) is 0 Å². The second-order valence-electron chi connectivity index (χ2n) is 5.28. The summed E-state index contributed by atoms with van der Waals surface area (Å²) in [4.78, 5) is 12.2. The molecule has 2 saturated heterocycles. The predicted octanol–water partition coefficient (Wildman–Crippen LogP) is -0.675. The Labute approximate surface area is 120 Å². The molecule has 0 radical (unpaired) electrons. The molecule has 21 heavy (non-hydrogen) atoms. The fraction of sp³-hybridized carbons (Fsp3) is 0.500. The fourth-order valence-electron chi connectivity index (χ4n) is 2.91. The van der Waals surface area contributed by atoms with Gasteiger partial charge in [0.05, 0.1) is 6.61 Å². The number of aliphatic hydroxyl groups is 2. The summed E-state index contributed by atoms with van der Waals surface area (Å²) in [6, 6.07) is 6.13. The van der Waals surface area contributed by atoms with E-state index in [0.717, 1.165) is 0 Å². The average Bonchev–Trinajstić information content (AvgIpc) is 2.87. The van der Waals surface area contributed by atoms with Gasteiger partial charge in [-0.05, 0) is 17.7 Å². The molecule has 0 aliphatic carbocycles. The zero-order chi connectivity index (χ0) is 15.3. The van der Waals surface area contributed by atoms with Crippen LogP contribution in [0, 0.1) is 0 Å². The lowest BCUT2D eigenvalue weighted by molar-refractivity contribution is -0.269. The topological polar surface area (TPSA) is 105 Å². The number of aliphatic hydroxyl groups excluding tert-OH is 1. The van der Waals surface area contributed by atoms with Crippen molar-refractivity contribution in [2.75, 3.05) is 13.7 Å². The zero-order valence-electron chi connectivity index (χ0n) is 11.4. The van der Waals surface area contributed by atoms with Crippen LogP contribution in [-0.2, 0) is 25.4 Å². The first kappa shape index (κ1) is 14.3. The van der Waals surface area contributed by atoms with Crippen LogP contribution >= 0.6 is 0 Å². The van der Waals surface area contributed by atoms with Crippen LogP contribution in [0.1, 0.15) is 5.56 Å². The molecule has 2 aliphatic heterocycles. The first-order chi connectivity index (χ1) is 9.93. The number of methoxy groups -OCH3 is 1. The van der Waals surface area contributed by atoms with E-state index in [0.29, 0.717) is 5.56 Å². The van der Waals surface area contributed by atoms with E-state index in [4.69, 9.17) is 14.2 Å². The van der Waals surface area contributed by atoms with Crippen LogP contribution in [-0.4, -0.2) is 58.6 Å². The monoisotopic (exact) mass is 296 g/mol. The van der Waals surface area contributed by atoms with Crippen molar-refractivity contribution in [1.82, 2.24) is 0 Å². The summed E-state index contributed by atoms with van der Waals surface area (Å²) in [5.41, 5.74) is -1.11. The summed E-state index contributed by atoms with van der Waals surface area (Å²) in [5.74, 6) is -2.75. The Kier molecular flexibility index (Phi) is 3.18. The Bertz CT molecular complexity index is 557. The van der Waals surface area contributed by atoms with Crippen LogP contribution in [0.2, 0.25) is 0 Å². The third kappa shape index (κ3) is 1.86. The Morgan fingerprint density at radius 3 is 2.67 bits per heavy atom. The number of fused-ring (bicyclic) bond motifs is 1. The molecule has 114 valence electrons. The molecule has 1 aromatic rings. The molecule has 0 aromatic heterocycles. The fourth-order valence-corrected chi connectivity index (χ4v) is 2.91. The standard InChI is InChI=1S/C14H16O7/c1-19-13(6-8-2-4-9(15)5-3-8)12(17)21-11-10(16)7-20-14(11,13)18/h2-5,10-11,15-16,18H,6-7H2,1H3/t10-,11+,13+,14-/m0/s1. The maximum absolute atomic E-state index is 12.2. The van der Waals surface area contributed by atoms with Crippen LogP contribution in [0.15, 0.2) is 24.3 Å². The van der Waals surface area contributed by atoms with Crippen LogP contribution in [0.4, 0.5) is 0 Å². The number of carbonyl (C=O) groups is 1. The first-order valence-corrected chi connectivity index (χ1v) is 6.51. The molecular formula is C14H16O7. The number of hydrogen-bond donors (Lipinski definition) is 3. The van der Waals surface area contributed by atoms with Gasteiger partial charge < -0.3 is 29.5 Å². The van der Waals surface area contributed by atoms with Gasteiger partial charge in [-0.2, -0.15) is 0 Å². The van der Waals surface area contributed by atoms with Crippen molar-refractivity contribution in [3.05, 3.63) is 29.8 Å². The molecule has 1 aromatic carbocycles. The second-order valence-corrected chi connectivity index (χ2v) is 5.28. The van der Waals surface area contributed by atoms with E-state index in [2.05, 4.69) is 0 Å². The van der Waals surface area contributed by atoms with E-state index in [1.54, 1.807) is 12.1 Å². The Hall–Kier alpha value is -1.67. The highest BCUT2D eigenvalue weighted by atomic mass is 16.7. The van der Waals surface area contributed by atoms with Gasteiger partial charge in [0, 0.05) is 13.5 Å². The lowest BCUT2D eigenvalue weighted by Gasteiger charge is -2.35. The molecule has 2 heterocycles. The number of hydrogen-bond acceptors (Lipinski definition) is 7. The molecule has 0 amide bonds. The predicted molar refractivity (Wildman–Crippen MR) is 68.3 cm³/mol. The first-order valence-electron chi connectivity index (χ1n) is 6.51. The smallest absolute Gasteiger partial charge is 0.345 e. The summed E-state index contributed by atoms with van der Waals surface area (Å²) in [6.45, 7) is -0.144. The molecule has 3 N–H and O–H groups in total. The number of aromatic hydroxyl groups is 1. The summed E-state index contributed by atoms with van der Waals surface area (Å²) in [7, 11) is 1.27. The van der Waals surface area contributed by atoms with E-state index in [9.17, 15) is 20.1 Å². The normalized spacial score (nSPS) is 38.3. The molecule has 4 atom stereocenters. The van der Waals surface area contributed by atoms with Crippen LogP contribution < -0.4 is 0 Å². The summed E-state index contributed by atoms with van der Waals surface area (Å²) < 4.78 is 15.6. The summed E-state index contributed by atoms with van der Waals surface area (Å²) in [5, 5.41) is 29.8. The second kappa shape index (κ2) is 4.67. The minimum atomic E-state index is -2.05. The van der Waals surface area contributed by atoms with E-state index < -0.39 is 29.6 Å². The molecule has 7 heteroatoms. The average molecular weight is 296 g/mol. The third-order valence-corrected chi connectivity index (χ3v) is 4.09. The maximum Gasteiger partial charge on any atom is 0.345 e. The van der Waals surface area contributed by atoms with Gasteiger partial charge in [-0.1, -0.05) is 12.1 Å². The zero-order valence-corrected chi connectivity index (χ0v) is 11.4. The van der Waals surface area contributed by atoms with E-state index >= 15 is 0 Å². The number of ether oxygens (including phenoxy) is 3. The van der Waals surface area contributed by atoms with Crippen molar-refractivity contribution in [2.45, 2.75) is 30.0 Å². The van der Waals surface area contributed by atoms with Crippen LogP contribution in [0.25, 0.3) is 0 Å². The molecule has 0 unspecified atom stereocenters. The van der Waals surface area contributed by atoms with Gasteiger partial charge >= 0.3 is 5.97 Å². The van der Waals surface area contributed by atoms with E-state index in [-0.39, 0.29) is 18.8 Å². The highest BCUT2D eigenvalue weighted by Gasteiger charge is 2.74. The summed E-state index contributed by atoms with van der Waals surface area (Å²) in [6.07, 6.45) is -2.29. The maximum atomic E-state index is 12.2. The molecule has 3 rings (SSSR count). The number of rotatable bonds is 3. The van der Waals surface area contributed by atoms with Crippen molar-refractivity contribution in [3.63, 3.8) is 0 Å². The van der Waals surface area contributed by atoms with Crippen molar-refractivity contribution in [1.29, 1.82) is 0 Å². The third-order valence-electron chi connectivity index (χ3n) is 4.09. The Morgan fingerprint density at radius 2 is 2.05 bits per heavy atom. The van der Waals surface area contributed by atoms with Gasteiger partial charge in [0.25, 0.3) is 0 Å². The van der Waals surface area contributed by atoms with Gasteiger partial charge in [-0.3, -0.25) is 0 Å². The molecule has 0 bridgehead atoms. The molecule has 2 aliphatic rings. The largest absolute Gasteiger partial charge is 0.508 e. The number of phenolic OH excluding ortho intramolecular Hbond substituents is 1. The van der Waals surface area contributed by atoms with Crippen LogP contribution in [0.3, 0.4) is 0 Å². The Morgan fingerprint density at radius 1 is 1.38 bits per heavy atom. The minimum Gasteiger partial charge on any atom is -0.508 e. The molecule has 0 spiro atoms. The number of benzene rings is 1. The van der Waals surface area contributed by atoms with E-state index in [1.165, 1.54) is 19.2 Å². The van der Waals surface area contributed by atoms with Crippen molar-refractivity contribution in [3.8, 4) is 5.75 Å². The highest BCUT2D eigenvalue weighted by Crippen LogP contribution is 2.46. The highest BCUT2D eigenvalue weighted by molar-refractivity contribution is 5.85.